The van der Waals surface area contributed by atoms with Crippen LogP contribution in [0.2, 0.25) is 5.02 Å². The lowest BCUT2D eigenvalue weighted by molar-refractivity contribution is -0.121. The van der Waals surface area contributed by atoms with Gasteiger partial charge in [-0.1, -0.05) is 41.4 Å². The van der Waals surface area contributed by atoms with Crippen molar-refractivity contribution < 1.29 is 9.59 Å². The van der Waals surface area contributed by atoms with E-state index in [0.29, 0.717) is 5.56 Å². The molecule has 2 aromatic carbocycles. The Morgan fingerprint density at radius 2 is 1.96 bits per heavy atom. The van der Waals surface area contributed by atoms with Gasteiger partial charge in [0.15, 0.2) is 0 Å². The molecule has 0 bridgehead atoms. The molecule has 1 aliphatic rings. The van der Waals surface area contributed by atoms with Crippen molar-refractivity contribution in [1.82, 2.24) is 15.5 Å². The van der Waals surface area contributed by atoms with Gasteiger partial charge >= 0.3 is 0 Å². The molecule has 28 heavy (non-hydrogen) atoms. The van der Waals surface area contributed by atoms with Crippen LogP contribution in [-0.4, -0.2) is 42.4 Å². The number of amides is 2. The normalized spacial score (nSPS) is 17.1. The second kappa shape index (κ2) is 9.71. The molecule has 1 aliphatic heterocycles. The summed E-state index contributed by atoms with van der Waals surface area (Å²) < 4.78 is 0. The summed E-state index contributed by atoms with van der Waals surface area (Å²) in [6.07, 6.45) is 1.99. The lowest BCUT2D eigenvalue weighted by Crippen LogP contribution is -2.49. The van der Waals surface area contributed by atoms with Crippen molar-refractivity contribution in [3.63, 3.8) is 0 Å². The molecule has 2 amide bonds. The van der Waals surface area contributed by atoms with Crippen LogP contribution in [0.5, 0.6) is 0 Å². The number of hydrogen-bond donors (Lipinski definition) is 2. The van der Waals surface area contributed by atoms with E-state index in [2.05, 4.69) is 15.5 Å². The summed E-state index contributed by atoms with van der Waals surface area (Å²) in [5.41, 5.74) is 2.79. The maximum absolute atomic E-state index is 12.3. The lowest BCUT2D eigenvalue weighted by Gasteiger charge is -2.33. The molecular formula is C22H26ClN3O2. The number of likely N-dealkylation sites (tertiary alicyclic amines) is 1. The average molecular weight is 400 g/mol. The van der Waals surface area contributed by atoms with Crippen molar-refractivity contribution in [2.24, 2.45) is 0 Å². The third-order valence-corrected chi connectivity index (χ3v) is 5.13. The minimum atomic E-state index is -0.230. The number of benzene rings is 2. The fourth-order valence-corrected chi connectivity index (χ4v) is 3.62. The first-order chi connectivity index (χ1) is 13.5. The van der Waals surface area contributed by atoms with Gasteiger partial charge in [0, 0.05) is 29.7 Å². The highest BCUT2D eigenvalue weighted by Crippen LogP contribution is 2.16. The number of carbonyl (C=O) groups is 2. The molecule has 0 aliphatic carbocycles. The monoisotopic (exact) mass is 399 g/mol. The molecule has 6 heteroatoms. The number of hydrogen-bond acceptors (Lipinski definition) is 3. The number of nitrogens with zero attached hydrogens (tertiary/aromatic N) is 1. The second-order valence-corrected chi connectivity index (χ2v) is 7.76. The maximum atomic E-state index is 12.3. The van der Waals surface area contributed by atoms with Crippen LogP contribution in [0, 0.1) is 6.92 Å². The number of nitrogens with one attached hydrogen (secondary N) is 2. The van der Waals surface area contributed by atoms with E-state index in [-0.39, 0.29) is 24.4 Å². The third-order valence-electron chi connectivity index (χ3n) is 4.88. The predicted octanol–water partition coefficient (Wildman–Crippen LogP) is 3.16. The van der Waals surface area contributed by atoms with Crippen LogP contribution >= 0.6 is 11.6 Å². The molecule has 148 valence electrons. The standard InChI is InChI=1S/C22H26ClN3O2/c1-16-4-2-5-18(12-16)22(28)24-13-21(27)25-20-6-3-11-26(15-20)14-17-7-9-19(23)10-8-17/h2,4-5,7-10,12,20H,3,6,11,13-15H2,1H3,(H,24,28)(H,25,27). The Hall–Kier alpha value is -2.37. The second-order valence-electron chi connectivity index (χ2n) is 7.32. The zero-order chi connectivity index (χ0) is 19.9. The van der Waals surface area contributed by atoms with E-state index in [0.717, 1.165) is 43.1 Å². The molecule has 0 aromatic heterocycles. The van der Waals surface area contributed by atoms with Crippen LogP contribution in [-0.2, 0) is 11.3 Å². The summed E-state index contributed by atoms with van der Waals surface area (Å²) in [6, 6.07) is 15.3. The molecule has 1 fully saturated rings. The molecule has 0 spiro atoms. The zero-order valence-electron chi connectivity index (χ0n) is 16.1. The minimum absolute atomic E-state index is 0.0134. The van der Waals surface area contributed by atoms with Crippen molar-refractivity contribution in [3.05, 3.63) is 70.2 Å². The van der Waals surface area contributed by atoms with Gasteiger partial charge in [0.25, 0.3) is 5.91 Å². The molecule has 2 N–H and O–H groups in total. The van der Waals surface area contributed by atoms with Crippen LogP contribution in [0.1, 0.15) is 34.3 Å². The van der Waals surface area contributed by atoms with E-state index in [1.165, 1.54) is 5.56 Å². The lowest BCUT2D eigenvalue weighted by atomic mass is 10.0. The predicted molar refractivity (Wildman–Crippen MR) is 111 cm³/mol. The van der Waals surface area contributed by atoms with Crippen LogP contribution in [0.25, 0.3) is 0 Å². The Morgan fingerprint density at radius 1 is 1.18 bits per heavy atom. The van der Waals surface area contributed by atoms with Gasteiger partial charge in [0.1, 0.15) is 0 Å². The number of rotatable bonds is 6. The SMILES string of the molecule is Cc1cccc(C(=O)NCC(=O)NC2CCCN(Cc3ccc(Cl)cc3)C2)c1. The van der Waals surface area contributed by atoms with E-state index in [1.54, 1.807) is 6.07 Å². The first-order valence-electron chi connectivity index (χ1n) is 9.60. The molecule has 0 radical (unpaired) electrons. The first-order valence-corrected chi connectivity index (χ1v) is 9.98. The van der Waals surface area contributed by atoms with Crippen molar-refractivity contribution in [2.45, 2.75) is 32.4 Å². The Bertz CT molecular complexity index is 823. The third kappa shape index (κ3) is 6.08. The molecular weight excluding hydrogens is 374 g/mol. The summed E-state index contributed by atoms with van der Waals surface area (Å²) in [6.45, 7) is 4.58. The topological polar surface area (TPSA) is 61.4 Å². The van der Waals surface area contributed by atoms with Gasteiger partial charge in [-0.15, -0.1) is 0 Å². The smallest absolute Gasteiger partial charge is 0.251 e. The van der Waals surface area contributed by atoms with Gasteiger partial charge in [0.2, 0.25) is 5.91 Å². The van der Waals surface area contributed by atoms with Crippen LogP contribution in [0.3, 0.4) is 0 Å². The number of aryl methyl sites for hydroxylation is 1. The average Bonchev–Trinajstić information content (AvgIpc) is 2.68. The van der Waals surface area contributed by atoms with Crippen LogP contribution < -0.4 is 10.6 Å². The van der Waals surface area contributed by atoms with Gasteiger partial charge in [-0.3, -0.25) is 14.5 Å². The number of halogens is 1. The molecule has 0 saturated carbocycles. The van der Waals surface area contributed by atoms with E-state index in [1.807, 2.05) is 49.4 Å². The molecule has 2 aromatic rings. The largest absolute Gasteiger partial charge is 0.351 e. The minimum Gasteiger partial charge on any atom is -0.351 e. The van der Waals surface area contributed by atoms with Crippen LogP contribution in [0.15, 0.2) is 48.5 Å². The molecule has 1 heterocycles. The Kier molecular flexibility index (Phi) is 7.06. The highest BCUT2D eigenvalue weighted by molar-refractivity contribution is 6.30. The Labute approximate surface area is 171 Å². The molecule has 1 atom stereocenters. The molecule has 3 rings (SSSR count). The van der Waals surface area contributed by atoms with Gasteiger partial charge in [-0.05, 0) is 56.1 Å². The van der Waals surface area contributed by atoms with Gasteiger partial charge < -0.3 is 10.6 Å². The van der Waals surface area contributed by atoms with Crippen molar-refractivity contribution in [3.8, 4) is 0 Å². The zero-order valence-corrected chi connectivity index (χ0v) is 16.8. The van der Waals surface area contributed by atoms with E-state index in [9.17, 15) is 9.59 Å². The summed E-state index contributed by atoms with van der Waals surface area (Å²) in [7, 11) is 0. The fraction of sp³-hybridized carbons (Fsp3) is 0.364. The quantitative estimate of drug-likeness (QED) is 0.784. The van der Waals surface area contributed by atoms with Crippen LogP contribution in [0.4, 0.5) is 0 Å². The van der Waals surface area contributed by atoms with E-state index >= 15 is 0 Å². The molecule has 1 unspecified atom stereocenters. The molecule has 1 saturated heterocycles. The highest BCUT2D eigenvalue weighted by atomic mass is 35.5. The van der Waals surface area contributed by atoms with Crippen molar-refractivity contribution in [2.75, 3.05) is 19.6 Å². The number of piperidine rings is 1. The first kappa shape index (κ1) is 20.4. The summed E-state index contributed by atoms with van der Waals surface area (Å²) in [4.78, 5) is 26.8. The Morgan fingerprint density at radius 3 is 2.71 bits per heavy atom. The van der Waals surface area contributed by atoms with Crippen molar-refractivity contribution in [1.29, 1.82) is 0 Å². The van der Waals surface area contributed by atoms with Crippen molar-refractivity contribution >= 4 is 23.4 Å². The summed E-state index contributed by atoms with van der Waals surface area (Å²) >= 11 is 5.94. The Balaban J connectivity index is 1.44. The number of carbonyl (C=O) groups excluding carboxylic acids is 2. The highest BCUT2D eigenvalue weighted by Gasteiger charge is 2.21. The van der Waals surface area contributed by atoms with Gasteiger partial charge in [-0.25, -0.2) is 0 Å². The van der Waals surface area contributed by atoms with Gasteiger partial charge in [-0.2, -0.15) is 0 Å². The van der Waals surface area contributed by atoms with E-state index < -0.39 is 0 Å². The van der Waals surface area contributed by atoms with Gasteiger partial charge in [0.05, 0.1) is 6.54 Å². The maximum Gasteiger partial charge on any atom is 0.251 e. The summed E-state index contributed by atoms with van der Waals surface area (Å²) in [5.74, 6) is -0.383. The molecule has 5 nitrogen and oxygen atoms in total. The summed E-state index contributed by atoms with van der Waals surface area (Å²) in [5, 5.41) is 6.48. The van der Waals surface area contributed by atoms with E-state index in [4.69, 9.17) is 11.6 Å². The fourth-order valence-electron chi connectivity index (χ4n) is 3.49.